The van der Waals surface area contributed by atoms with Crippen molar-refractivity contribution < 1.29 is 4.74 Å². The van der Waals surface area contributed by atoms with Crippen LogP contribution in [-0.4, -0.2) is 18.9 Å². The van der Waals surface area contributed by atoms with Crippen molar-refractivity contribution in [2.24, 2.45) is 7.05 Å². The van der Waals surface area contributed by atoms with Gasteiger partial charge in [0.05, 0.1) is 16.6 Å². The lowest BCUT2D eigenvalue weighted by Gasteiger charge is -2.11. The molecule has 3 heterocycles. The third-order valence-electron chi connectivity index (χ3n) is 5.72. The number of nitriles is 1. The molecule has 0 saturated heterocycles. The molecule has 0 aliphatic heterocycles. The highest BCUT2D eigenvalue weighted by Gasteiger charge is 2.18. The third kappa shape index (κ3) is 3.61. The first kappa shape index (κ1) is 21.2. The van der Waals surface area contributed by atoms with Gasteiger partial charge in [-0.05, 0) is 55.8 Å². The smallest absolute Gasteiger partial charge is 0.269 e. The number of ether oxygens (including phenoxy) is 1. The van der Waals surface area contributed by atoms with Gasteiger partial charge in [-0.25, -0.2) is 4.98 Å². The second-order valence-electron chi connectivity index (χ2n) is 8.09. The lowest BCUT2D eigenvalue weighted by molar-refractivity contribution is 0.460. The predicted octanol–water partition coefficient (Wildman–Crippen LogP) is 5.05. The number of hydrogen-bond donors (Lipinski definition) is 0. The van der Waals surface area contributed by atoms with Crippen LogP contribution < -0.4 is 10.3 Å². The molecule has 0 spiro atoms. The van der Waals surface area contributed by atoms with Gasteiger partial charge in [-0.1, -0.05) is 35.9 Å². The molecule has 0 amide bonds. The standard InChI is InChI=1S/C27H21N5O2/c1-17-10-12-20(13-11-17)34-26-21(27(33)32-14-6-7-18(2)24(32)30-26)15-19(16-28)25-29-22-8-4-5-9-23(22)31(25)3/h4-15H,1-3H3. The maximum absolute atomic E-state index is 13.5. The number of benzene rings is 2. The number of nitrogens with zero attached hydrogens (tertiary/aromatic N) is 5. The number of aromatic nitrogens is 4. The summed E-state index contributed by atoms with van der Waals surface area (Å²) in [7, 11) is 1.84. The number of fused-ring (bicyclic) bond motifs is 2. The second kappa shape index (κ2) is 8.34. The summed E-state index contributed by atoms with van der Waals surface area (Å²) in [5, 5.41) is 10.0. The number of rotatable bonds is 4. The molecule has 2 aromatic carbocycles. The van der Waals surface area contributed by atoms with E-state index in [0.717, 1.165) is 22.2 Å². The Morgan fingerprint density at radius 3 is 2.53 bits per heavy atom. The maximum Gasteiger partial charge on any atom is 0.269 e. The van der Waals surface area contributed by atoms with E-state index in [9.17, 15) is 10.1 Å². The summed E-state index contributed by atoms with van der Waals surface area (Å²) in [6.07, 6.45) is 3.17. The van der Waals surface area contributed by atoms with Gasteiger partial charge in [0.25, 0.3) is 5.56 Å². The summed E-state index contributed by atoms with van der Waals surface area (Å²) < 4.78 is 9.37. The quantitative estimate of drug-likeness (QED) is 0.360. The summed E-state index contributed by atoms with van der Waals surface area (Å²) in [5.41, 5.74) is 4.14. The number of imidazole rings is 1. The highest BCUT2D eigenvalue weighted by molar-refractivity contribution is 5.91. The molecule has 0 atom stereocenters. The van der Waals surface area contributed by atoms with E-state index < -0.39 is 0 Å². The molecule has 0 radical (unpaired) electrons. The van der Waals surface area contributed by atoms with Gasteiger partial charge in [0.2, 0.25) is 5.88 Å². The molecule has 7 heteroatoms. The Hall–Kier alpha value is -4.70. The number of allylic oxidation sites excluding steroid dienone is 1. The normalized spacial score (nSPS) is 11.6. The van der Waals surface area contributed by atoms with Crippen molar-refractivity contribution >= 4 is 28.3 Å². The predicted molar refractivity (Wildman–Crippen MR) is 132 cm³/mol. The van der Waals surface area contributed by atoms with Gasteiger partial charge < -0.3 is 9.30 Å². The van der Waals surface area contributed by atoms with Gasteiger partial charge in [-0.2, -0.15) is 10.2 Å². The molecule has 0 aliphatic carbocycles. The van der Waals surface area contributed by atoms with Crippen LogP contribution in [0.15, 0.2) is 71.7 Å². The molecule has 166 valence electrons. The molecular formula is C27H21N5O2. The van der Waals surface area contributed by atoms with Crippen LogP contribution in [-0.2, 0) is 7.05 Å². The van der Waals surface area contributed by atoms with E-state index in [2.05, 4.69) is 16.0 Å². The van der Waals surface area contributed by atoms with Gasteiger partial charge in [-0.15, -0.1) is 0 Å². The van der Waals surface area contributed by atoms with Crippen molar-refractivity contribution in [2.75, 3.05) is 0 Å². The first-order valence-electron chi connectivity index (χ1n) is 10.8. The topological polar surface area (TPSA) is 85.2 Å². The summed E-state index contributed by atoms with van der Waals surface area (Å²) in [5.74, 6) is 1.14. The van der Waals surface area contributed by atoms with Crippen LogP contribution in [0.3, 0.4) is 0 Å². The zero-order chi connectivity index (χ0) is 23.8. The van der Waals surface area contributed by atoms with E-state index in [0.29, 0.717) is 17.2 Å². The van der Waals surface area contributed by atoms with Crippen LogP contribution in [0.5, 0.6) is 11.6 Å². The SMILES string of the molecule is Cc1ccc(Oc2nc3c(C)cccn3c(=O)c2C=C(C#N)c2nc3ccccc3n2C)cc1. The molecule has 5 aromatic rings. The van der Waals surface area contributed by atoms with Crippen LogP contribution in [0.25, 0.3) is 28.3 Å². The molecule has 0 bridgehead atoms. The summed E-state index contributed by atoms with van der Waals surface area (Å²) in [6, 6.07) is 21.0. The van der Waals surface area contributed by atoms with Crippen LogP contribution in [0.2, 0.25) is 0 Å². The van der Waals surface area contributed by atoms with Gasteiger partial charge in [0.15, 0.2) is 5.82 Å². The number of para-hydroxylation sites is 2. The van der Waals surface area contributed by atoms with E-state index >= 15 is 0 Å². The Bertz CT molecular complexity index is 1690. The summed E-state index contributed by atoms with van der Waals surface area (Å²) in [6.45, 7) is 3.87. The highest BCUT2D eigenvalue weighted by atomic mass is 16.5. The Kier molecular flexibility index (Phi) is 5.19. The van der Waals surface area contributed by atoms with E-state index in [1.165, 1.54) is 10.5 Å². The van der Waals surface area contributed by atoms with Gasteiger partial charge >= 0.3 is 0 Å². The Morgan fingerprint density at radius 2 is 1.79 bits per heavy atom. The maximum atomic E-state index is 13.5. The zero-order valence-electron chi connectivity index (χ0n) is 19.0. The van der Waals surface area contributed by atoms with Crippen molar-refractivity contribution in [2.45, 2.75) is 13.8 Å². The minimum atomic E-state index is -0.331. The van der Waals surface area contributed by atoms with Crippen molar-refractivity contribution in [1.29, 1.82) is 5.26 Å². The molecule has 0 N–H and O–H groups in total. The van der Waals surface area contributed by atoms with Crippen molar-refractivity contribution in [3.05, 3.63) is 99.7 Å². The lowest BCUT2D eigenvalue weighted by Crippen LogP contribution is -2.19. The average Bonchev–Trinajstić information content (AvgIpc) is 3.17. The number of hydrogen-bond acceptors (Lipinski definition) is 5. The molecule has 0 unspecified atom stereocenters. The van der Waals surface area contributed by atoms with Gasteiger partial charge in [0.1, 0.15) is 23.0 Å². The van der Waals surface area contributed by atoms with Crippen LogP contribution in [0.1, 0.15) is 22.5 Å². The fourth-order valence-corrected chi connectivity index (χ4v) is 3.89. The fourth-order valence-electron chi connectivity index (χ4n) is 3.89. The molecule has 0 aliphatic rings. The minimum absolute atomic E-state index is 0.134. The highest BCUT2D eigenvalue weighted by Crippen LogP contribution is 2.27. The first-order chi connectivity index (χ1) is 16.5. The minimum Gasteiger partial charge on any atom is -0.438 e. The Balaban J connectivity index is 1.75. The largest absolute Gasteiger partial charge is 0.438 e. The van der Waals surface area contributed by atoms with Crippen molar-refractivity contribution in [3.8, 4) is 17.7 Å². The Morgan fingerprint density at radius 1 is 1.03 bits per heavy atom. The molecule has 3 aromatic heterocycles. The Labute approximate surface area is 195 Å². The number of pyridine rings is 1. The average molecular weight is 447 g/mol. The van der Waals surface area contributed by atoms with Gasteiger partial charge in [0, 0.05) is 13.2 Å². The first-order valence-corrected chi connectivity index (χ1v) is 10.8. The zero-order valence-corrected chi connectivity index (χ0v) is 19.0. The van der Waals surface area contributed by atoms with Crippen LogP contribution >= 0.6 is 0 Å². The molecule has 0 saturated carbocycles. The molecule has 0 fully saturated rings. The molecule has 7 nitrogen and oxygen atoms in total. The molecular weight excluding hydrogens is 426 g/mol. The summed E-state index contributed by atoms with van der Waals surface area (Å²) >= 11 is 0. The number of aryl methyl sites for hydroxylation is 3. The monoisotopic (exact) mass is 447 g/mol. The van der Waals surface area contributed by atoms with Gasteiger partial charge in [-0.3, -0.25) is 9.20 Å². The lowest BCUT2D eigenvalue weighted by atomic mass is 10.1. The second-order valence-corrected chi connectivity index (χ2v) is 8.09. The fraction of sp³-hybridized carbons (Fsp3) is 0.111. The van der Waals surface area contributed by atoms with Crippen LogP contribution in [0, 0.1) is 25.2 Å². The van der Waals surface area contributed by atoms with E-state index in [1.54, 1.807) is 12.3 Å². The van der Waals surface area contributed by atoms with Crippen molar-refractivity contribution in [1.82, 2.24) is 18.9 Å². The molecule has 5 rings (SSSR count). The van der Waals surface area contributed by atoms with Crippen molar-refractivity contribution in [3.63, 3.8) is 0 Å². The third-order valence-corrected chi connectivity index (χ3v) is 5.72. The van der Waals surface area contributed by atoms with E-state index in [-0.39, 0.29) is 22.6 Å². The van der Waals surface area contributed by atoms with Crippen LogP contribution in [0.4, 0.5) is 0 Å². The van der Waals surface area contributed by atoms with E-state index in [4.69, 9.17) is 4.74 Å². The molecule has 34 heavy (non-hydrogen) atoms. The van der Waals surface area contributed by atoms with E-state index in [1.807, 2.05) is 80.1 Å². The summed E-state index contributed by atoms with van der Waals surface area (Å²) in [4.78, 5) is 22.8.